The van der Waals surface area contributed by atoms with Crippen molar-refractivity contribution in [3.8, 4) is 0 Å². The molecule has 1 aliphatic carbocycles. The van der Waals surface area contributed by atoms with Crippen molar-refractivity contribution in [2.24, 2.45) is 21.0 Å². The highest BCUT2D eigenvalue weighted by Gasteiger charge is 2.91. The monoisotopic (exact) mass is 434 g/mol. The van der Waals surface area contributed by atoms with Crippen LogP contribution < -0.4 is 10.0 Å². The van der Waals surface area contributed by atoms with Crippen LogP contribution in [0.1, 0.15) is 25.3 Å². The molecule has 1 fully saturated rings. The molecular formula is C27H22N4O2. The Hall–Kier alpha value is -4.06. The number of fused-ring (bicyclic) bond motifs is 1. The van der Waals surface area contributed by atoms with Crippen molar-refractivity contribution in [2.45, 2.75) is 19.8 Å². The molecule has 2 atom stereocenters. The molecule has 0 saturated heterocycles. The molecule has 0 radical (unpaired) electrons. The zero-order chi connectivity index (χ0) is 22.8. The Morgan fingerprint density at radius 3 is 1.36 bits per heavy atom. The average molecular weight is 434 g/mol. The van der Waals surface area contributed by atoms with Gasteiger partial charge in [-0.2, -0.15) is 20.2 Å². The lowest BCUT2D eigenvalue weighted by Crippen LogP contribution is -2.40. The van der Waals surface area contributed by atoms with E-state index in [1.54, 1.807) is 0 Å². The van der Waals surface area contributed by atoms with Crippen molar-refractivity contribution in [1.82, 2.24) is 0 Å². The van der Waals surface area contributed by atoms with Crippen LogP contribution in [0.15, 0.2) is 101 Å². The first-order chi connectivity index (χ1) is 16.0. The molecule has 3 aromatic rings. The fraction of sp³-hybridized carbons (Fsp3) is 0.185. The minimum atomic E-state index is -1.10. The van der Waals surface area contributed by atoms with Crippen LogP contribution >= 0.6 is 0 Å². The number of hydrogen-bond acceptors (Lipinski definition) is 4. The number of hydrazone groups is 2. The maximum absolute atomic E-state index is 14.2. The number of anilines is 2. The highest BCUT2D eigenvalue weighted by molar-refractivity contribution is 6.37. The van der Waals surface area contributed by atoms with Crippen LogP contribution in [-0.4, -0.2) is 23.2 Å². The molecule has 6 rings (SSSR count). The molecular weight excluding hydrogens is 412 g/mol. The number of rotatable bonds is 3. The number of benzene rings is 3. The third kappa shape index (κ3) is 2.27. The van der Waals surface area contributed by atoms with Gasteiger partial charge < -0.3 is 0 Å². The summed E-state index contributed by atoms with van der Waals surface area (Å²) >= 11 is 0. The average Bonchev–Trinajstić information content (AvgIpc) is 3.34. The summed E-state index contributed by atoms with van der Waals surface area (Å²) in [6.07, 6.45) is 0. The first kappa shape index (κ1) is 19.6. The van der Waals surface area contributed by atoms with E-state index in [0.29, 0.717) is 22.8 Å². The van der Waals surface area contributed by atoms with Crippen LogP contribution in [0, 0.1) is 10.8 Å². The van der Waals surface area contributed by atoms with Crippen LogP contribution in [-0.2, 0) is 9.59 Å². The molecule has 1 saturated carbocycles. The van der Waals surface area contributed by atoms with Crippen molar-refractivity contribution < 1.29 is 9.59 Å². The summed E-state index contributed by atoms with van der Waals surface area (Å²) in [6, 6.07) is 28.5. The van der Waals surface area contributed by atoms with Gasteiger partial charge in [0.2, 0.25) is 0 Å². The minimum Gasteiger partial charge on any atom is -0.271 e. The van der Waals surface area contributed by atoms with E-state index >= 15 is 0 Å². The van der Waals surface area contributed by atoms with Gasteiger partial charge in [0.15, 0.2) is 0 Å². The molecule has 0 unspecified atom stereocenters. The summed E-state index contributed by atoms with van der Waals surface area (Å²) in [4.78, 5) is 28.3. The predicted octanol–water partition coefficient (Wildman–Crippen LogP) is 4.60. The SMILES string of the molecule is CC1=NN(c2ccccc2)C(=O)[C@]12C(c1ccccc1)[C@]21C(=O)N(c2ccccc2)N=C1C. The van der Waals surface area contributed by atoms with E-state index < -0.39 is 10.8 Å². The standard InChI is InChI=1S/C27H22N4O2/c1-18-26(24(32)30(28-18)21-14-8-4-9-15-21)23(20-12-6-3-7-13-20)27(26)19(2)29-31(25(27)33)22-16-10-5-11-17-22/h3-17,23H,1-2H3/t26-,27-/m1/s1. The maximum Gasteiger partial charge on any atom is 0.261 e. The number of amides is 2. The Bertz CT molecular complexity index is 1250. The molecule has 0 aromatic heterocycles. The van der Waals surface area contributed by atoms with Gasteiger partial charge in [0.25, 0.3) is 11.8 Å². The predicted molar refractivity (Wildman–Crippen MR) is 128 cm³/mol. The second kappa shape index (κ2) is 6.72. The Morgan fingerprint density at radius 1 is 0.606 bits per heavy atom. The van der Waals surface area contributed by atoms with Crippen molar-refractivity contribution in [3.63, 3.8) is 0 Å². The van der Waals surface area contributed by atoms with E-state index in [9.17, 15) is 9.59 Å². The van der Waals surface area contributed by atoms with Gasteiger partial charge >= 0.3 is 0 Å². The Balaban J connectivity index is 1.53. The third-order valence-corrected chi connectivity index (χ3v) is 7.24. The second-order valence-electron chi connectivity index (χ2n) is 8.74. The van der Waals surface area contributed by atoms with Crippen molar-refractivity contribution in [1.29, 1.82) is 0 Å². The van der Waals surface area contributed by atoms with Gasteiger partial charge in [-0.15, -0.1) is 0 Å². The normalized spacial score (nSPS) is 28.0. The van der Waals surface area contributed by atoms with Crippen LogP contribution in [0.2, 0.25) is 0 Å². The van der Waals surface area contributed by atoms with Gasteiger partial charge in [-0.05, 0) is 43.7 Å². The van der Waals surface area contributed by atoms with Gasteiger partial charge in [-0.3, -0.25) is 9.59 Å². The summed E-state index contributed by atoms with van der Waals surface area (Å²) in [6.45, 7) is 3.72. The molecule has 3 aromatic carbocycles. The summed E-state index contributed by atoms with van der Waals surface area (Å²) in [5.74, 6) is -0.739. The van der Waals surface area contributed by atoms with E-state index in [1.165, 1.54) is 10.0 Å². The van der Waals surface area contributed by atoms with Gasteiger partial charge in [-0.1, -0.05) is 66.7 Å². The van der Waals surface area contributed by atoms with Crippen LogP contribution in [0.5, 0.6) is 0 Å². The largest absolute Gasteiger partial charge is 0.271 e. The highest BCUT2D eigenvalue weighted by Crippen LogP contribution is 2.79. The summed E-state index contributed by atoms with van der Waals surface area (Å²) in [7, 11) is 0. The van der Waals surface area contributed by atoms with E-state index in [2.05, 4.69) is 0 Å². The highest BCUT2D eigenvalue weighted by atomic mass is 16.2. The van der Waals surface area contributed by atoms with Crippen molar-refractivity contribution in [2.75, 3.05) is 10.0 Å². The Morgan fingerprint density at radius 2 is 0.970 bits per heavy atom. The number of carbonyl (C=O) groups is 2. The quantitative estimate of drug-likeness (QED) is 0.605. The molecule has 6 nitrogen and oxygen atoms in total. The molecule has 2 aliphatic heterocycles. The van der Waals surface area contributed by atoms with E-state index in [4.69, 9.17) is 10.2 Å². The summed E-state index contributed by atoms with van der Waals surface area (Å²) in [5.41, 5.74) is 1.40. The molecule has 162 valence electrons. The number of nitrogens with zero attached hydrogens (tertiary/aromatic N) is 4. The lowest BCUT2D eigenvalue weighted by molar-refractivity contribution is -0.126. The lowest BCUT2D eigenvalue weighted by atomic mass is 9.85. The zero-order valence-corrected chi connectivity index (χ0v) is 18.3. The van der Waals surface area contributed by atoms with Crippen LogP contribution in [0.4, 0.5) is 11.4 Å². The molecule has 0 N–H and O–H groups in total. The van der Waals surface area contributed by atoms with E-state index in [0.717, 1.165) is 5.56 Å². The Labute approximate surface area is 191 Å². The van der Waals surface area contributed by atoms with Crippen LogP contribution in [0.25, 0.3) is 0 Å². The second-order valence-corrected chi connectivity index (χ2v) is 8.74. The first-order valence-electron chi connectivity index (χ1n) is 11.0. The smallest absolute Gasteiger partial charge is 0.261 e. The molecule has 6 heteroatoms. The molecule has 33 heavy (non-hydrogen) atoms. The molecule has 2 amide bonds. The van der Waals surface area contributed by atoms with Crippen LogP contribution in [0.3, 0.4) is 0 Å². The molecule has 2 spiro atoms. The van der Waals surface area contributed by atoms with E-state index in [1.807, 2.05) is 105 Å². The van der Waals surface area contributed by atoms with Gasteiger partial charge in [0, 0.05) is 5.92 Å². The number of hydrogen-bond donors (Lipinski definition) is 0. The summed E-state index contributed by atoms with van der Waals surface area (Å²) < 4.78 is 0. The summed E-state index contributed by atoms with van der Waals surface area (Å²) in [5, 5.41) is 12.3. The number of carbonyl (C=O) groups excluding carboxylic acids is 2. The van der Waals surface area contributed by atoms with Gasteiger partial charge in [0.05, 0.1) is 22.8 Å². The third-order valence-electron chi connectivity index (χ3n) is 7.24. The van der Waals surface area contributed by atoms with Gasteiger partial charge in [0.1, 0.15) is 10.8 Å². The molecule has 2 heterocycles. The fourth-order valence-electron chi connectivity index (χ4n) is 5.87. The lowest BCUT2D eigenvalue weighted by Gasteiger charge is -2.18. The first-order valence-corrected chi connectivity index (χ1v) is 11.0. The Kier molecular flexibility index (Phi) is 3.99. The van der Waals surface area contributed by atoms with Crippen molar-refractivity contribution in [3.05, 3.63) is 96.6 Å². The topological polar surface area (TPSA) is 65.3 Å². The van der Waals surface area contributed by atoms with Crippen molar-refractivity contribution >= 4 is 34.6 Å². The van der Waals surface area contributed by atoms with Gasteiger partial charge in [-0.25, -0.2) is 0 Å². The van der Waals surface area contributed by atoms with E-state index in [-0.39, 0.29) is 17.7 Å². The molecule has 0 bridgehead atoms. The minimum absolute atomic E-state index is 0.183. The zero-order valence-electron chi connectivity index (χ0n) is 18.3. The fourth-order valence-corrected chi connectivity index (χ4v) is 5.87. The number of para-hydroxylation sites is 2. The molecule has 3 aliphatic rings. The maximum atomic E-state index is 14.2.